The number of hydrogen-bond donors (Lipinski definition) is 0. The van der Waals surface area contributed by atoms with Crippen molar-refractivity contribution in [2.45, 2.75) is 64.7 Å². The highest BCUT2D eigenvalue weighted by atomic mass is 16.1. The minimum atomic E-state index is -0.324. The Kier molecular flexibility index (Phi) is 5.96. The Morgan fingerprint density at radius 2 is 1.76 bits per heavy atom. The number of unbranched alkanes of at least 4 members (excludes halogenated alkanes) is 2. The monoisotopic (exact) mass is 392 g/mol. The molecule has 1 heterocycles. The van der Waals surface area contributed by atoms with E-state index in [1.54, 1.807) is 0 Å². The summed E-state index contributed by atoms with van der Waals surface area (Å²) in [5, 5.41) is 2.50. The zero-order valence-electron chi connectivity index (χ0n) is 18.5. The Morgan fingerprint density at radius 3 is 2.52 bits per heavy atom. The van der Waals surface area contributed by atoms with Crippen molar-refractivity contribution in [2.75, 3.05) is 37.6 Å². The van der Waals surface area contributed by atoms with Gasteiger partial charge in [0.2, 0.25) is 0 Å². The summed E-state index contributed by atoms with van der Waals surface area (Å²) in [7, 11) is 0. The van der Waals surface area contributed by atoms with Gasteiger partial charge in [-0.25, -0.2) is 0 Å². The average Bonchev–Trinajstić information content (AvgIpc) is 2.88. The third-order valence-corrected chi connectivity index (χ3v) is 7.43. The summed E-state index contributed by atoms with van der Waals surface area (Å²) < 4.78 is 0. The quantitative estimate of drug-likeness (QED) is 0.557. The molecule has 2 aromatic carbocycles. The van der Waals surface area contributed by atoms with Gasteiger partial charge in [0.15, 0.2) is 5.78 Å². The molecule has 1 saturated heterocycles. The Labute approximate surface area is 176 Å². The summed E-state index contributed by atoms with van der Waals surface area (Å²) in [4.78, 5) is 18.5. The molecule has 1 fully saturated rings. The van der Waals surface area contributed by atoms with Crippen molar-refractivity contribution in [1.29, 1.82) is 0 Å². The van der Waals surface area contributed by atoms with E-state index in [1.165, 1.54) is 60.8 Å². The molecule has 156 valence electrons. The van der Waals surface area contributed by atoms with Gasteiger partial charge in [0.25, 0.3) is 0 Å². The van der Waals surface area contributed by atoms with Crippen LogP contribution in [0.15, 0.2) is 30.3 Å². The summed E-state index contributed by atoms with van der Waals surface area (Å²) in [6, 6.07) is 10.9. The first-order chi connectivity index (χ1) is 14.2. The highest BCUT2D eigenvalue weighted by Gasteiger charge is 2.44. The highest BCUT2D eigenvalue weighted by molar-refractivity contribution is 6.22. The molecule has 3 heteroatoms. The average molecular weight is 393 g/mol. The number of hydrogen-bond acceptors (Lipinski definition) is 3. The fraction of sp³-hybridized carbons (Fsp3) is 0.577. The standard InChI is InChI=1S/C26H36N2O/c1-4-7-8-15-27-16-10-17-28(19-18-27)23-14-13-22-24-20(23)11-9-12-21(24)25(29)26(22,5-2)6-3/h9,11-14H,4-8,10,15-19H2,1-3H3. The molecule has 0 aromatic heterocycles. The maximum atomic E-state index is 13.4. The topological polar surface area (TPSA) is 23.6 Å². The van der Waals surface area contributed by atoms with E-state index >= 15 is 0 Å². The molecule has 2 aliphatic rings. The Hall–Kier alpha value is -1.87. The van der Waals surface area contributed by atoms with E-state index in [-0.39, 0.29) is 5.41 Å². The number of ketones is 1. The Bertz CT molecular complexity index is 884. The van der Waals surface area contributed by atoms with Crippen molar-refractivity contribution in [3.05, 3.63) is 41.5 Å². The fourth-order valence-electron chi connectivity index (χ4n) is 5.61. The van der Waals surface area contributed by atoms with Gasteiger partial charge in [-0.3, -0.25) is 4.79 Å². The molecule has 0 bridgehead atoms. The van der Waals surface area contributed by atoms with Gasteiger partial charge in [0, 0.05) is 36.3 Å². The predicted octanol–water partition coefficient (Wildman–Crippen LogP) is 5.80. The number of carbonyl (C=O) groups excluding carboxylic acids is 1. The van der Waals surface area contributed by atoms with Gasteiger partial charge in [-0.1, -0.05) is 57.9 Å². The SMILES string of the molecule is CCCCCN1CCCN(c2ccc3c4c(cccc24)C(=O)C3(CC)CC)CC1. The number of anilines is 1. The van der Waals surface area contributed by atoms with E-state index < -0.39 is 0 Å². The second-order valence-electron chi connectivity index (χ2n) is 8.87. The fourth-order valence-corrected chi connectivity index (χ4v) is 5.61. The molecular formula is C26H36N2O. The van der Waals surface area contributed by atoms with Gasteiger partial charge >= 0.3 is 0 Å². The zero-order chi connectivity index (χ0) is 20.4. The molecule has 1 aliphatic heterocycles. The molecule has 0 saturated carbocycles. The van der Waals surface area contributed by atoms with E-state index in [0.29, 0.717) is 5.78 Å². The first kappa shape index (κ1) is 20.4. The third kappa shape index (κ3) is 3.38. The minimum Gasteiger partial charge on any atom is -0.370 e. The van der Waals surface area contributed by atoms with Gasteiger partial charge in [-0.2, -0.15) is 0 Å². The number of nitrogens with zero attached hydrogens (tertiary/aromatic N) is 2. The summed E-state index contributed by atoms with van der Waals surface area (Å²) in [6.07, 6.45) is 6.90. The van der Waals surface area contributed by atoms with Gasteiger partial charge in [0.1, 0.15) is 0 Å². The van der Waals surface area contributed by atoms with Crippen molar-refractivity contribution >= 4 is 22.2 Å². The van der Waals surface area contributed by atoms with E-state index in [0.717, 1.165) is 38.0 Å². The van der Waals surface area contributed by atoms with Crippen molar-refractivity contribution in [3.63, 3.8) is 0 Å². The van der Waals surface area contributed by atoms with Crippen LogP contribution in [-0.2, 0) is 5.41 Å². The molecule has 0 N–H and O–H groups in total. The molecular weight excluding hydrogens is 356 g/mol. The summed E-state index contributed by atoms with van der Waals surface area (Å²) in [5.41, 5.74) is 3.20. The number of Topliss-reactive ketones (excluding diaryl/α,β-unsaturated/α-hetero) is 1. The summed E-state index contributed by atoms with van der Waals surface area (Å²) >= 11 is 0. The molecule has 0 atom stereocenters. The molecule has 0 amide bonds. The lowest BCUT2D eigenvalue weighted by Crippen LogP contribution is -2.31. The zero-order valence-corrected chi connectivity index (χ0v) is 18.5. The molecule has 1 aliphatic carbocycles. The molecule has 29 heavy (non-hydrogen) atoms. The summed E-state index contributed by atoms with van der Waals surface area (Å²) in [5.74, 6) is 0.332. The second-order valence-corrected chi connectivity index (χ2v) is 8.87. The van der Waals surface area contributed by atoms with Gasteiger partial charge < -0.3 is 9.80 Å². The van der Waals surface area contributed by atoms with Crippen LogP contribution in [0.25, 0.3) is 10.8 Å². The maximum absolute atomic E-state index is 13.4. The Morgan fingerprint density at radius 1 is 0.931 bits per heavy atom. The normalized spacial score (nSPS) is 19.1. The van der Waals surface area contributed by atoms with Gasteiger partial charge in [-0.05, 0) is 55.8 Å². The number of carbonyl (C=O) groups is 1. The first-order valence-corrected chi connectivity index (χ1v) is 11.7. The lowest BCUT2D eigenvalue weighted by molar-refractivity contribution is 0.0886. The minimum absolute atomic E-state index is 0.324. The van der Waals surface area contributed by atoms with Gasteiger partial charge in [0.05, 0.1) is 5.41 Å². The molecule has 2 aromatic rings. The van der Waals surface area contributed by atoms with Crippen LogP contribution in [-0.4, -0.2) is 43.4 Å². The van der Waals surface area contributed by atoms with E-state index in [1.807, 2.05) is 6.07 Å². The smallest absolute Gasteiger partial charge is 0.174 e. The Balaban J connectivity index is 1.66. The van der Waals surface area contributed by atoms with Crippen LogP contribution >= 0.6 is 0 Å². The van der Waals surface area contributed by atoms with Crippen molar-refractivity contribution in [3.8, 4) is 0 Å². The second kappa shape index (κ2) is 8.47. The van der Waals surface area contributed by atoms with Crippen LogP contribution in [0.2, 0.25) is 0 Å². The van der Waals surface area contributed by atoms with Crippen molar-refractivity contribution in [1.82, 2.24) is 4.90 Å². The van der Waals surface area contributed by atoms with Crippen molar-refractivity contribution < 1.29 is 4.79 Å². The molecule has 0 unspecified atom stereocenters. The van der Waals surface area contributed by atoms with Crippen LogP contribution in [0.3, 0.4) is 0 Å². The van der Waals surface area contributed by atoms with E-state index in [9.17, 15) is 4.79 Å². The largest absolute Gasteiger partial charge is 0.370 e. The summed E-state index contributed by atoms with van der Waals surface area (Å²) in [6.45, 7) is 12.3. The van der Waals surface area contributed by atoms with Crippen LogP contribution in [0.4, 0.5) is 5.69 Å². The van der Waals surface area contributed by atoms with E-state index in [2.05, 4.69) is 54.8 Å². The van der Waals surface area contributed by atoms with Crippen LogP contribution < -0.4 is 4.90 Å². The van der Waals surface area contributed by atoms with Crippen LogP contribution in [0, 0.1) is 0 Å². The number of benzene rings is 2. The number of rotatable bonds is 7. The first-order valence-electron chi connectivity index (χ1n) is 11.7. The highest BCUT2D eigenvalue weighted by Crippen LogP contribution is 2.48. The lowest BCUT2D eigenvalue weighted by Gasteiger charge is -2.28. The van der Waals surface area contributed by atoms with E-state index in [4.69, 9.17) is 0 Å². The maximum Gasteiger partial charge on any atom is 0.174 e. The third-order valence-electron chi connectivity index (χ3n) is 7.43. The molecule has 0 radical (unpaired) electrons. The van der Waals surface area contributed by atoms with Crippen molar-refractivity contribution in [2.24, 2.45) is 0 Å². The predicted molar refractivity (Wildman–Crippen MR) is 123 cm³/mol. The van der Waals surface area contributed by atoms with Crippen LogP contribution in [0.1, 0.15) is 75.2 Å². The lowest BCUT2D eigenvalue weighted by atomic mass is 9.75. The molecule has 3 nitrogen and oxygen atoms in total. The van der Waals surface area contributed by atoms with Crippen LogP contribution in [0.5, 0.6) is 0 Å². The molecule has 0 spiro atoms. The van der Waals surface area contributed by atoms with Gasteiger partial charge in [-0.15, -0.1) is 0 Å². The molecule has 4 rings (SSSR count).